The minimum Gasteiger partial charge on any atom is -0.349 e. The fourth-order valence-corrected chi connectivity index (χ4v) is 1.74. The van der Waals surface area contributed by atoms with Crippen molar-refractivity contribution in [3.8, 4) is 0 Å². The molecular formula is C13H13N5. The molecule has 0 fully saturated rings. The maximum absolute atomic E-state index is 4.41. The van der Waals surface area contributed by atoms with Crippen molar-refractivity contribution in [3.05, 3.63) is 54.0 Å². The van der Waals surface area contributed by atoms with Gasteiger partial charge in [-0.05, 0) is 36.2 Å². The van der Waals surface area contributed by atoms with Crippen LogP contribution in [0.15, 0.2) is 42.9 Å². The normalized spacial score (nSPS) is 10.7. The molecule has 90 valence electrons. The molecule has 1 N–H and O–H groups in total. The van der Waals surface area contributed by atoms with E-state index in [1.54, 1.807) is 10.7 Å². The Morgan fingerprint density at radius 3 is 3.11 bits per heavy atom. The van der Waals surface area contributed by atoms with Crippen LogP contribution in [0.4, 0.5) is 5.95 Å². The molecular weight excluding hydrogens is 226 g/mol. The second-order valence-electron chi connectivity index (χ2n) is 4.16. The van der Waals surface area contributed by atoms with E-state index in [-0.39, 0.29) is 0 Å². The van der Waals surface area contributed by atoms with Gasteiger partial charge < -0.3 is 5.32 Å². The topological polar surface area (TPSA) is 55.1 Å². The first-order valence-electron chi connectivity index (χ1n) is 5.77. The smallest absolute Gasteiger partial charge is 0.243 e. The number of nitrogens with zero attached hydrogens (tertiary/aromatic N) is 4. The van der Waals surface area contributed by atoms with Gasteiger partial charge >= 0.3 is 0 Å². The quantitative estimate of drug-likeness (QED) is 0.760. The van der Waals surface area contributed by atoms with Crippen LogP contribution < -0.4 is 5.32 Å². The maximum atomic E-state index is 4.41. The van der Waals surface area contributed by atoms with E-state index < -0.39 is 0 Å². The van der Waals surface area contributed by atoms with Crippen molar-refractivity contribution < 1.29 is 0 Å². The molecule has 3 rings (SSSR count). The van der Waals surface area contributed by atoms with E-state index in [0.717, 1.165) is 11.2 Å². The summed E-state index contributed by atoms with van der Waals surface area (Å²) < 4.78 is 1.76. The fourth-order valence-electron chi connectivity index (χ4n) is 1.74. The predicted molar refractivity (Wildman–Crippen MR) is 69.3 cm³/mol. The summed E-state index contributed by atoms with van der Waals surface area (Å²) in [7, 11) is 0. The standard InChI is InChI=1S/C13H13N5/c1-10-4-6-18-12(7-10)16-13(17-18)15-9-11-3-2-5-14-8-11/h2-8H,9H2,1H3,(H,15,17). The molecule has 0 radical (unpaired) electrons. The van der Waals surface area contributed by atoms with E-state index in [0.29, 0.717) is 12.5 Å². The Hall–Kier alpha value is -2.43. The maximum Gasteiger partial charge on any atom is 0.243 e. The van der Waals surface area contributed by atoms with Crippen molar-refractivity contribution >= 4 is 11.6 Å². The molecule has 18 heavy (non-hydrogen) atoms. The lowest BCUT2D eigenvalue weighted by atomic mass is 10.3. The highest BCUT2D eigenvalue weighted by atomic mass is 15.3. The van der Waals surface area contributed by atoms with E-state index in [1.165, 1.54) is 5.56 Å². The van der Waals surface area contributed by atoms with E-state index in [2.05, 4.69) is 20.4 Å². The van der Waals surface area contributed by atoms with Crippen LogP contribution in [0.25, 0.3) is 5.65 Å². The number of hydrogen-bond donors (Lipinski definition) is 1. The number of pyridine rings is 2. The predicted octanol–water partition coefficient (Wildman–Crippen LogP) is 2.04. The van der Waals surface area contributed by atoms with Gasteiger partial charge in [0.15, 0.2) is 5.65 Å². The Kier molecular flexibility index (Phi) is 2.64. The summed E-state index contributed by atoms with van der Waals surface area (Å²) in [5.74, 6) is 0.629. The monoisotopic (exact) mass is 239 g/mol. The van der Waals surface area contributed by atoms with Crippen molar-refractivity contribution in [1.82, 2.24) is 19.6 Å². The third kappa shape index (κ3) is 2.15. The lowest BCUT2D eigenvalue weighted by molar-refractivity contribution is 0.946. The number of fused-ring (bicyclic) bond motifs is 1. The minimum absolute atomic E-state index is 0.629. The lowest BCUT2D eigenvalue weighted by Gasteiger charge is -2.00. The van der Waals surface area contributed by atoms with Gasteiger partial charge in [0.2, 0.25) is 5.95 Å². The highest BCUT2D eigenvalue weighted by Gasteiger charge is 2.02. The van der Waals surface area contributed by atoms with Crippen molar-refractivity contribution in [2.45, 2.75) is 13.5 Å². The molecule has 0 spiro atoms. The van der Waals surface area contributed by atoms with Gasteiger partial charge in [-0.3, -0.25) is 4.98 Å². The van der Waals surface area contributed by atoms with Gasteiger partial charge in [-0.15, -0.1) is 5.10 Å². The number of hydrogen-bond acceptors (Lipinski definition) is 4. The van der Waals surface area contributed by atoms with Crippen LogP contribution in [-0.4, -0.2) is 19.6 Å². The number of nitrogens with one attached hydrogen (secondary N) is 1. The summed E-state index contributed by atoms with van der Waals surface area (Å²) in [6.45, 7) is 2.71. The Labute approximate surface area is 105 Å². The largest absolute Gasteiger partial charge is 0.349 e. The number of aryl methyl sites for hydroxylation is 1. The first kappa shape index (κ1) is 10.7. The van der Waals surface area contributed by atoms with Gasteiger partial charge in [0.25, 0.3) is 0 Å². The second kappa shape index (κ2) is 4.44. The van der Waals surface area contributed by atoms with Crippen molar-refractivity contribution in [1.29, 1.82) is 0 Å². The molecule has 0 atom stereocenters. The fraction of sp³-hybridized carbons (Fsp3) is 0.154. The molecule has 0 aromatic carbocycles. The number of rotatable bonds is 3. The summed E-state index contributed by atoms with van der Waals surface area (Å²) in [6.07, 6.45) is 5.50. The number of anilines is 1. The van der Waals surface area contributed by atoms with Crippen LogP contribution in [0, 0.1) is 6.92 Å². The van der Waals surface area contributed by atoms with Crippen LogP contribution in [0.2, 0.25) is 0 Å². The zero-order chi connectivity index (χ0) is 12.4. The average molecular weight is 239 g/mol. The first-order chi connectivity index (χ1) is 8.81. The van der Waals surface area contributed by atoms with E-state index in [1.807, 2.05) is 43.6 Å². The molecule has 3 heterocycles. The second-order valence-corrected chi connectivity index (χ2v) is 4.16. The summed E-state index contributed by atoms with van der Waals surface area (Å²) in [5.41, 5.74) is 3.13. The zero-order valence-electron chi connectivity index (χ0n) is 10.0. The van der Waals surface area contributed by atoms with Gasteiger partial charge in [-0.1, -0.05) is 6.07 Å². The van der Waals surface area contributed by atoms with Crippen molar-refractivity contribution in [2.24, 2.45) is 0 Å². The summed E-state index contributed by atoms with van der Waals surface area (Å²) >= 11 is 0. The van der Waals surface area contributed by atoms with Crippen LogP contribution in [0.5, 0.6) is 0 Å². The molecule has 0 aliphatic carbocycles. The first-order valence-corrected chi connectivity index (χ1v) is 5.77. The third-order valence-corrected chi connectivity index (χ3v) is 2.67. The van der Waals surface area contributed by atoms with E-state index in [4.69, 9.17) is 0 Å². The van der Waals surface area contributed by atoms with Crippen LogP contribution in [-0.2, 0) is 6.54 Å². The molecule has 0 saturated carbocycles. The van der Waals surface area contributed by atoms with E-state index >= 15 is 0 Å². The Bertz CT molecular complexity index is 659. The minimum atomic E-state index is 0.629. The van der Waals surface area contributed by atoms with Gasteiger partial charge in [0, 0.05) is 25.1 Å². The van der Waals surface area contributed by atoms with Crippen LogP contribution in [0.1, 0.15) is 11.1 Å². The molecule has 0 saturated heterocycles. The Morgan fingerprint density at radius 1 is 1.33 bits per heavy atom. The molecule has 0 bridgehead atoms. The molecule has 5 heteroatoms. The molecule has 3 aromatic rings. The Morgan fingerprint density at radius 2 is 2.28 bits per heavy atom. The van der Waals surface area contributed by atoms with Crippen molar-refractivity contribution in [3.63, 3.8) is 0 Å². The van der Waals surface area contributed by atoms with Crippen molar-refractivity contribution in [2.75, 3.05) is 5.32 Å². The molecule has 3 aromatic heterocycles. The van der Waals surface area contributed by atoms with Gasteiger partial charge in [-0.2, -0.15) is 4.98 Å². The number of aromatic nitrogens is 4. The highest BCUT2D eigenvalue weighted by molar-refractivity contribution is 5.45. The molecule has 0 amide bonds. The summed E-state index contributed by atoms with van der Waals surface area (Å²) in [5, 5.41) is 7.53. The molecule has 0 unspecified atom stereocenters. The van der Waals surface area contributed by atoms with Gasteiger partial charge in [-0.25, -0.2) is 4.52 Å². The zero-order valence-corrected chi connectivity index (χ0v) is 10.0. The highest BCUT2D eigenvalue weighted by Crippen LogP contribution is 2.08. The lowest BCUT2D eigenvalue weighted by Crippen LogP contribution is -2.01. The molecule has 0 aliphatic heterocycles. The summed E-state index contributed by atoms with van der Waals surface area (Å²) in [4.78, 5) is 8.47. The van der Waals surface area contributed by atoms with Gasteiger partial charge in [0.1, 0.15) is 0 Å². The van der Waals surface area contributed by atoms with Gasteiger partial charge in [0.05, 0.1) is 0 Å². The van der Waals surface area contributed by atoms with Crippen LogP contribution in [0.3, 0.4) is 0 Å². The SMILES string of the molecule is Cc1ccn2nc(NCc3cccnc3)nc2c1. The summed E-state index contributed by atoms with van der Waals surface area (Å²) in [6, 6.07) is 7.94. The molecule has 5 nitrogen and oxygen atoms in total. The average Bonchev–Trinajstić information content (AvgIpc) is 2.79. The third-order valence-electron chi connectivity index (χ3n) is 2.67. The Balaban J connectivity index is 1.79. The van der Waals surface area contributed by atoms with Crippen LogP contribution >= 0.6 is 0 Å². The van der Waals surface area contributed by atoms with E-state index in [9.17, 15) is 0 Å². The molecule has 0 aliphatic rings.